The number of alkyl halides is 3. The molecule has 1 aromatic rings. The molecule has 0 saturated heterocycles. The first-order valence-electron chi connectivity index (χ1n) is 5.79. The van der Waals surface area contributed by atoms with Crippen molar-refractivity contribution in [3.05, 3.63) is 34.9 Å². The van der Waals surface area contributed by atoms with Crippen molar-refractivity contribution in [3.63, 3.8) is 0 Å². The molecule has 5 heteroatoms. The van der Waals surface area contributed by atoms with Gasteiger partial charge in [-0.15, -0.1) is 0 Å². The van der Waals surface area contributed by atoms with Crippen molar-refractivity contribution in [2.24, 2.45) is 0 Å². The number of thioether (sulfide) groups is 1. The van der Waals surface area contributed by atoms with Gasteiger partial charge in [0.25, 0.3) is 0 Å². The molecule has 0 spiro atoms. The monoisotopic (exact) mass is 277 g/mol. The standard InChI is InChI=1S/C13H18F3NS/c1-10-5-11(2)7-12(6-10)8-18-4-3-17-9-13(14,15)16/h5-7,17H,3-4,8-9H2,1-2H3. The summed E-state index contributed by atoms with van der Waals surface area (Å²) < 4.78 is 35.5. The van der Waals surface area contributed by atoms with E-state index < -0.39 is 12.7 Å². The zero-order chi connectivity index (χ0) is 13.6. The third-order valence-corrected chi connectivity index (χ3v) is 3.33. The van der Waals surface area contributed by atoms with E-state index in [0.717, 1.165) is 5.75 Å². The van der Waals surface area contributed by atoms with Gasteiger partial charge in [-0.3, -0.25) is 0 Å². The summed E-state index contributed by atoms with van der Waals surface area (Å²) in [7, 11) is 0. The molecular weight excluding hydrogens is 259 g/mol. The Morgan fingerprint density at radius 1 is 1.11 bits per heavy atom. The third-order valence-electron chi connectivity index (χ3n) is 2.30. The van der Waals surface area contributed by atoms with E-state index in [-0.39, 0.29) is 0 Å². The maximum absolute atomic E-state index is 11.8. The fourth-order valence-electron chi connectivity index (χ4n) is 1.72. The molecule has 0 aromatic heterocycles. The Labute approximate surface area is 110 Å². The van der Waals surface area contributed by atoms with Crippen LogP contribution in [-0.4, -0.2) is 25.0 Å². The molecule has 1 nitrogen and oxygen atoms in total. The molecule has 0 fully saturated rings. The highest BCUT2D eigenvalue weighted by molar-refractivity contribution is 7.98. The molecule has 102 valence electrons. The number of rotatable bonds is 6. The normalized spacial score (nSPS) is 11.8. The maximum atomic E-state index is 11.8. The zero-order valence-electron chi connectivity index (χ0n) is 10.6. The lowest BCUT2D eigenvalue weighted by Crippen LogP contribution is -2.30. The summed E-state index contributed by atoms with van der Waals surface area (Å²) in [4.78, 5) is 0. The lowest BCUT2D eigenvalue weighted by molar-refractivity contribution is -0.124. The predicted molar refractivity (Wildman–Crippen MR) is 71.0 cm³/mol. The molecule has 0 aliphatic carbocycles. The van der Waals surface area contributed by atoms with Crippen LogP contribution in [0.3, 0.4) is 0 Å². The van der Waals surface area contributed by atoms with Crippen molar-refractivity contribution in [2.75, 3.05) is 18.8 Å². The highest BCUT2D eigenvalue weighted by Crippen LogP contribution is 2.16. The predicted octanol–water partition coefficient (Wildman–Crippen LogP) is 3.69. The Bertz CT molecular complexity index is 357. The molecular formula is C13H18F3NS. The largest absolute Gasteiger partial charge is 0.401 e. The number of hydrogen-bond donors (Lipinski definition) is 1. The van der Waals surface area contributed by atoms with E-state index in [4.69, 9.17) is 0 Å². The van der Waals surface area contributed by atoms with E-state index >= 15 is 0 Å². The summed E-state index contributed by atoms with van der Waals surface area (Å²) in [6.45, 7) is 3.57. The van der Waals surface area contributed by atoms with E-state index in [9.17, 15) is 13.2 Å². The van der Waals surface area contributed by atoms with Crippen LogP contribution < -0.4 is 5.32 Å². The minimum atomic E-state index is -4.11. The maximum Gasteiger partial charge on any atom is 0.401 e. The van der Waals surface area contributed by atoms with Gasteiger partial charge in [0.05, 0.1) is 6.54 Å². The number of hydrogen-bond acceptors (Lipinski definition) is 2. The molecule has 0 bridgehead atoms. The second-order valence-corrected chi connectivity index (χ2v) is 5.45. The van der Waals surface area contributed by atoms with E-state index in [2.05, 4.69) is 23.5 Å². The molecule has 0 amide bonds. The van der Waals surface area contributed by atoms with E-state index in [1.54, 1.807) is 11.8 Å². The minimum absolute atomic E-state index is 0.384. The van der Waals surface area contributed by atoms with Crippen molar-refractivity contribution in [3.8, 4) is 0 Å². The van der Waals surface area contributed by atoms with E-state index in [1.165, 1.54) is 16.7 Å². The quantitative estimate of drug-likeness (QED) is 0.796. The van der Waals surface area contributed by atoms with Crippen molar-refractivity contribution < 1.29 is 13.2 Å². The second-order valence-electron chi connectivity index (χ2n) is 4.34. The van der Waals surface area contributed by atoms with Gasteiger partial charge in [0.15, 0.2) is 0 Å². The van der Waals surface area contributed by atoms with Gasteiger partial charge in [-0.1, -0.05) is 29.3 Å². The summed E-state index contributed by atoms with van der Waals surface area (Å²) >= 11 is 1.64. The summed E-state index contributed by atoms with van der Waals surface area (Å²) in [6.07, 6.45) is -4.11. The van der Waals surface area contributed by atoms with Crippen molar-refractivity contribution >= 4 is 11.8 Å². The average Bonchev–Trinajstić information content (AvgIpc) is 2.20. The van der Waals surface area contributed by atoms with Crippen LogP contribution in [0, 0.1) is 13.8 Å². The van der Waals surface area contributed by atoms with Crippen LogP contribution in [0.15, 0.2) is 18.2 Å². The molecule has 1 N–H and O–H groups in total. The van der Waals surface area contributed by atoms with Crippen molar-refractivity contribution in [2.45, 2.75) is 25.8 Å². The Morgan fingerprint density at radius 2 is 1.72 bits per heavy atom. The molecule has 0 saturated carbocycles. The van der Waals surface area contributed by atoms with Crippen LogP contribution in [0.5, 0.6) is 0 Å². The van der Waals surface area contributed by atoms with Gasteiger partial charge in [-0.05, 0) is 19.4 Å². The first-order valence-corrected chi connectivity index (χ1v) is 6.95. The summed E-state index contributed by atoms with van der Waals surface area (Å²) in [5.74, 6) is 1.53. The van der Waals surface area contributed by atoms with E-state index in [0.29, 0.717) is 12.3 Å². The van der Waals surface area contributed by atoms with Gasteiger partial charge < -0.3 is 5.32 Å². The van der Waals surface area contributed by atoms with Crippen LogP contribution >= 0.6 is 11.8 Å². The lowest BCUT2D eigenvalue weighted by Gasteiger charge is -2.08. The third kappa shape index (κ3) is 6.91. The number of nitrogens with one attached hydrogen (secondary N) is 1. The molecule has 18 heavy (non-hydrogen) atoms. The summed E-state index contributed by atoms with van der Waals surface area (Å²) in [6, 6.07) is 6.34. The first-order chi connectivity index (χ1) is 8.37. The van der Waals surface area contributed by atoms with Gasteiger partial charge in [0.2, 0.25) is 0 Å². The lowest BCUT2D eigenvalue weighted by atomic mass is 10.1. The zero-order valence-corrected chi connectivity index (χ0v) is 11.4. The summed E-state index contributed by atoms with van der Waals surface area (Å²) in [5, 5.41) is 2.39. The van der Waals surface area contributed by atoms with Gasteiger partial charge in [0, 0.05) is 18.1 Å². The first kappa shape index (κ1) is 15.4. The average molecular weight is 277 g/mol. The molecule has 0 aliphatic rings. The Morgan fingerprint density at radius 3 is 2.28 bits per heavy atom. The highest BCUT2D eigenvalue weighted by Gasteiger charge is 2.25. The Kier molecular flexibility index (Phi) is 6.02. The van der Waals surface area contributed by atoms with Gasteiger partial charge in [0.1, 0.15) is 0 Å². The molecule has 0 heterocycles. The van der Waals surface area contributed by atoms with Crippen molar-refractivity contribution in [1.29, 1.82) is 0 Å². The Balaban J connectivity index is 2.18. The van der Waals surface area contributed by atoms with Crippen LogP contribution in [0.4, 0.5) is 13.2 Å². The molecule has 0 aliphatic heterocycles. The smallest absolute Gasteiger partial charge is 0.308 e. The fraction of sp³-hybridized carbons (Fsp3) is 0.538. The molecule has 1 rings (SSSR count). The molecule has 1 aromatic carbocycles. The van der Waals surface area contributed by atoms with Gasteiger partial charge >= 0.3 is 6.18 Å². The molecule has 0 radical (unpaired) electrons. The molecule has 0 atom stereocenters. The number of aryl methyl sites for hydroxylation is 2. The van der Waals surface area contributed by atoms with E-state index in [1.807, 2.05) is 13.8 Å². The highest BCUT2D eigenvalue weighted by atomic mass is 32.2. The number of halogens is 3. The topological polar surface area (TPSA) is 12.0 Å². The van der Waals surface area contributed by atoms with Gasteiger partial charge in [-0.2, -0.15) is 24.9 Å². The Hall–Kier alpha value is -0.680. The van der Waals surface area contributed by atoms with Crippen molar-refractivity contribution in [1.82, 2.24) is 5.32 Å². The van der Waals surface area contributed by atoms with Gasteiger partial charge in [-0.25, -0.2) is 0 Å². The fourth-order valence-corrected chi connectivity index (χ4v) is 2.55. The minimum Gasteiger partial charge on any atom is -0.308 e. The van der Waals surface area contributed by atoms with Crippen LogP contribution in [-0.2, 0) is 5.75 Å². The second kappa shape index (κ2) is 7.04. The SMILES string of the molecule is Cc1cc(C)cc(CSCCNCC(F)(F)F)c1. The molecule has 0 unspecified atom stereocenters. The van der Waals surface area contributed by atoms with Crippen LogP contribution in [0.2, 0.25) is 0 Å². The van der Waals surface area contributed by atoms with Crippen LogP contribution in [0.1, 0.15) is 16.7 Å². The number of benzene rings is 1. The van der Waals surface area contributed by atoms with Crippen LogP contribution in [0.25, 0.3) is 0 Å². The summed E-state index contributed by atoms with van der Waals surface area (Å²) in [5.41, 5.74) is 3.68.